The smallest absolute Gasteiger partial charge is 1.00 e. The molecule has 0 fully saturated rings. The summed E-state index contributed by atoms with van der Waals surface area (Å²) < 4.78 is 0. The molecule has 0 unspecified atom stereocenters. The van der Waals surface area contributed by atoms with E-state index in [9.17, 15) is 0 Å². The number of hydrogen-bond donors (Lipinski definition) is 0. The summed E-state index contributed by atoms with van der Waals surface area (Å²) >= 11 is 0. The molecule has 0 saturated heterocycles. The van der Waals surface area contributed by atoms with Crippen molar-refractivity contribution in [1.29, 1.82) is 0 Å². The van der Waals surface area contributed by atoms with E-state index in [-0.39, 0.29) is 98.1 Å². The van der Waals surface area contributed by atoms with E-state index in [1.165, 1.54) is 0 Å². The molecule has 0 spiro atoms. The summed E-state index contributed by atoms with van der Waals surface area (Å²) in [6, 6.07) is 0. The molecule has 0 heterocycles. The third-order valence-electron chi connectivity index (χ3n) is 0. The average molecular weight is 177 g/mol. The molecule has 0 aromatic heterocycles. The van der Waals surface area contributed by atoms with E-state index in [2.05, 4.69) is 0 Å². The molecule has 0 radical (unpaired) electrons. The van der Waals surface area contributed by atoms with Crippen molar-refractivity contribution >= 4 is 0 Å². The van der Waals surface area contributed by atoms with Gasteiger partial charge >= 0.3 is 98.1 Å². The van der Waals surface area contributed by atoms with Crippen LogP contribution in [0.3, 0.4) is 0 Å². The maximum absolute atomic E-state index is 0. The predicted octanol–water partition coefficient (Wildman–Crippen LogP) is -6.00. The van der Waals surface area contributed by atoms with E-state index < -0.39 is 0 Å². The second-order valence-corrected chi connectivity index (χ2v) is 0. The molecule has 0 atom stereocenters. The Kier molecular flexibility index (Phi) is 109. The average Bonchev–Trinajstić information content (AvgIpc) is 0. The van der Waals surface area contributed by atoms with Gasteiger partial charge in [-0.25, -0.2) is 0 Å². The normalized spacial score (nSPS) is 0. The molecular formula is Na2Zn2+6. The van der Waals surface area contributed by atoms with Crippen molar-refractivity contribution in [3.05, 3.63) is 0 Å². The second-order valence-electron chi connectivity index (χ2n) is 0. The van der Waals surface area contributed by atoms with Crippen molar-refractivity contribution in [3.8, 4) is 0 Å². The third-order valence-corrected chi connectivity index (χ3v) is 0. The van der Waals surface area contributed by atoms with E-state index in [0.29, 0.717) is 0 Å². The van der Waals surface area contributed by atoms with Gasteiger partial charge in [0.15, 0.2) is 0 Å². The third kappa shape index (κ3) is 8.98. The van der Waals surface area contributed by atoms with Crippen LogP contribution in [0.25, 0.3) is 0 Å². The SMILES string of the molecule is [Na+].[Na+].[Zn+2].[Zn+2]. The van der Waals surface area contributed by atoms with Gasteiger partial charge in [-0.2, -0.15) is 0 Å². The molecule has 0 amide bonds. The summed E-state index contributed by atoms with van der Waals surface area (Å²) in [5, 5.41) is 0. The van der Waals surface area contributed by atoms with Crippen molar-refractivity contribution in [1.82, 2.24) is 0 Å². The fraction of sp³-hybridized carbons (Fsp3) is 0. The molecule has 0 saturated carbocycles. The van der Waals surface area contributed by atoms with Gasteiger partial charge in [0.25, 0.3) is 0 Å². The first-order valence-corrected chi connectivity index (χ1v) is 0. The van der Waals surface area contributed by atoms with Crippen LogP contribution >= 0.6 is 0 Å². The quantitative estimate of drug-likeness (QED) is 0.323. The van der Waals surface area contributed by atoms with Crippen LogP contribution in [0, 0.1) is 0 Å². The molecular weight excluding hydrogens is 177 g/mol. The summed E-state index contributed by atoms with van der Waals surface area (Å²) in [6.45, 7) is 0. The topological polar surface area (TPSA) is 0 Å². The summed E-state index contributed by atoms with van der Waals surface area (Å²) in [7, 11) is 0. The Bertz CT molecular complexity index is 4.00. The van der Waals surface area contributed by atoms with Crippen molar-refractivity contribution in [2.24, 2.45) is 0 Å². The zero-order valence-corrected chi connectivity index (χ0v) is 13.3. The zero-order chi connectivity index (χ0) is 0. The molecule has 0 aliphatic rings. The van der Waals surface area contributed by atoms with E-state index in [1.54, 1.807) is 0 Å². The summed E-state index contributed by atoms with van der Waals surface area (Å²) in [6.07, 6.45) is 0. The molecule has 4 heteroatoms. The molecule has 0 nitrogen and oxygen atoms in total. The van der Waals surface area contributed by atoms with Crippen molar-refractivity contribution in [2.45, 2.75) is 0 Å². The molecule has 0 aliphatic heterocycles. The van der Waals surface area contributed by atoms with Gasteiger partial charge in [-0.05, 0) is 0 Å². The van der Waals surface area contributed by atoms with E-state index >= 15 is 0 Å². The monoisotopic (exact) mass is 174 g/mol. The first-order valence-electron chi connectivity index (χ1n) is 0. The Morgan fingerprint density at radius 2 is 0.500 bits per heavy atom. The van der Waals surface area contributed by atoms with Gasteiger partial charge in [-0.15, -0.1) is 0 Å². The summed E-state index contributed by atoms with van der Waals surface area (Å²) in [5.41, 5.74) is 0. The van der Waals surface area contributed by atoms with Crippen LogP contribution in [0.2, 0.25) is 0 Å². The van der Waals surface area contributed by atoms with Gasteiger partial charge in [0.1, 0.15) is 0 Å². The Morgan fingerprint density at radius 3 is 0.500 bits per heavy atom. The van der Waals surface area contributed by atoms with Crippen LogP contribution < -0.4 is 59.1 Å². The van der Waals surface area contributed by atoms with Gasteiger partial charge in [-0.1, -0.05) is 0 Å². The van der Waals surface area contributed by atoms with Gasteiger partial charge in [0.2, 0.25) is 0 Å². The van der Waals surface area contributed by atoms with Crippen LogP contribution in [0.15, 0.2) is 0 Å². The standard InChI is InChI=1S/2Na.2Zn/q2*+1;2*+2. The maximum Gasteiger partial charge on any atom is 2.00 e. The Hall–Kier alpha value is 3.25. The van der Waals surface area contributed by atoms with Crippen LogP contribution in [-0.2, 0) is 39.0 Å². The number of rotatable bonds is 0. The Balaban J connectivity index is 0. The zero-order valence-electron chi connectivity index (χ0n) is 3.41. The minimum atomic E-state index is 0. The van der Waals surface area contributed by atoms with E-state index in [1.807, 2.05) is 0 Å². The molecule has 0 N–H and O–H groups in total. The minimum absolute atomic E-state index is 0. The van der Waals surface area contributed by atoms with Gasteiger partial charge in [0, 0.05) is 0 Å². The predicted molar refractivity (Wildman–Crippen MR) is 0 cm³/mol. The summed E-state index contributed by atoms with van der Waals surface area (Å²) in [4.78, 5) is 0. The fourth-order valence-electron chi connectivity index (χ4n) is 0. The minimum Gasteiger partial charge on any atom is 1.00 e. The molecule has 0 aliphatic carbocycles. The second kappa shape index (κ2) is 16.3. The number of hydrogen-bond acceptors (Lipinski definition) is 0. The van der Waals surface area contributed by atoms with Crippen LogP contribution in [0.1, 0.15) is 0 Å². The van der Waals surface area contributed by atoms with E-state index in [0.717, 1.165) is 0 Å². The van der Waals surface area contributed by atoms with Gasteiger partial charge < -0.3 is 0 Å². The largest absolute Gasteiger partial charge is 2.00 e. The Labute approximate surface area is 96.0 Å². The van der Waals surface area contributed by atoms with Gasteiger partial charge in [-0.3, -0.25) is 0 Å². The molecule has 0 aromatic rings. The maximum atomic E-state index is 0. The first kappa shape index (κ1) is 26.8. The molecule has 0 bridgehead atoms. The Morgan fingerprint density at radius 1 is 0.500 bits per heavy atom. The van der Waals surface area contributed by atoms with E-state index in [4.69, 9.17) is 0 Å². The molecule has 0 aromatic carbocycles. The van der Waals surface area contributed by atoms with Crippen molar-refractivity contribution in [2.75, 3.05) is 0 Å². The van der Waals surface area contributed by atoms with Crippen molar-refractivity contribution in [3.63, 3.8) is 0 Å². The molecule has 4 heavy (non-hydrogen) atoms. The molecule has 0 rings (SSSR count). The first-order chi connectivity index (χ1) is 0. The van der Waals surface area contributed by atoms with Crippen molar-refractivity contribution < 1.29 is 98.1 Å². The van der Waals surface area contributed by atoms with Crippen LogP contribution in [0.4, 0.5) is 0 Å². The molecule has 0 valence electrons. The van der Waals surface area contributed by atoms with Gasteiger partial charge in [0.05, 0.1) is 0 Å². The fourth-order valence-corrected chi connectivity index (χ4v) is 0. The summed E-state index contributed by atoms with van der Waals surface area (Å²) in [5.74, 6) is 0. The van der Waals surface area contributed by atoms with Crippen LogP contribution in [-0.4, -0.2) is 0 Å². The van der Waals surface area contributed by atoms with Crippen LogP contribution in [0.5, 0.6) is 0 Å².